The highest BCUT2D eigenvalue weighted by molar-refractivity contribution is 6.39. The molecule has 0 aliphatic carbocycles. The molecule has 0 saturated carbocycles. The Morgan fingerprint density at radius 2 is 2.00 bits per heavy atom. The Kier molecular flexibility index (Phi) is 6.30. The number of nitrogens with one attached hydrogen (secondary N) is 1. The number of hydrogen-bond donors (Lipinski definition) is 1. The molecule has 27 heavy (non-hydrogen) atoms. The second-order valence-corrected chi connectivity index (χ2v) is 6.39. The van der Waals surface area contributed by atoms with Gasteiger partial charge in [0.25, 0.3) is 5.91 Å². The van der Waals surface area contributed by atoms with E-state index in [1.165, 1.54) is 30.6 Å². The molecule has 10 heteroatoms. The standard InChI is InChI=1S/C17H14Cl2F2N2O4/c18-11-6-22-7-12(19)15(11)23-16(24)9-1-2-13(27-17(20)21)14(5-9)26-10-3-4-25-8-10/h1-2,5-7,10,17H,3-4,8H2,(H,22,23,24). The quantitative estimate of drug-likeness (QED) is 0.752. The van der Waals surface area contributed by atoms with Crippen LogP contribution in [0.4, 0.5) is 14.5 Å². The number of benzene rings is 1. The van der Waals surface area contributed by atoms with Gasteiger partial charge in [0.2, 0.25) is 0 Å². The van der Waals surface area contributed by atoms with Crippen molar-refractivity contribution in [1.29, 1.82) is 0 Å². The molecular formula is C17H14Cl2F2N2O4. The normalized spacial score (nSPS) is 16.4. The van der Waals surface area contributed by atoms with Crippen LogP contribution >= 0.6 is 23.2 Å². The van der Waals surface area contributed by atoms with E-state index in [4.69, 9.17) is 32.7 Å². The number of pyridine rings is 1. The zero-order chi connectivity index (χ0) is 19.4. The van der Waals surface area contributed by atoms with Gasteiger partial charge in [0.15, 0.2) is 11.5 Å². The molecule has 1 atom stereocenters. The van der Waals surface area contributed by atoms with Crippen LogP contribution < -0.4 is 14.8 Å². The number of nitrogens with zero attached hydrogens (tertiary/aromatic N) is 1. The lowest BCUT2D eigenvalue weighted by atomic mass is 10.1. The summed E-state index contributed by atoms with van der Waals surface area (Å²) in [6, 6.07) is 3.88. The maximum atomic E-state index is 12.6. The van der Waals surface area contributed by atoms with Crippen LogP contribution in [0.5, 0.6) is 11.5 Å². The molecule has 1 saturated heterocycles. The molecule has 0 radical (unpaired) electrons. The molecular weight excluding hydrogens is 405 g/mol. The minimum absolute atomic E-state index is 0.0189. The Hall–Kier alpha value is -2.16. The number of anilines is 1. The van der Waals surface area contributed by atoms with Crippen LogP contribution in [0.2, 0.25) is 10.0 Å². The molecule has 0 spiro atoms. The van der Waals surface area contributed by atoms with Crippen LogP contribution in [0.3, 0.4) is 0 Å². The molecule has 2 aromatic rings. The van der Waals surface area contributed by atoms with Crippen molar-refractivity contribution >= 4 is 34.8 Å². The van der Waals surface area contributed by atoms with Crippen molar-refractivity contribution < 1.29 is 27.8 Å². The van der Waals surface area contributed by atoms with E-state index in [0.29, 0.717) is 19.6 Å². The minimum Gasteiger partial charge on any atom is -0.484 e. The number of aromatic nitrogens is 1. The van der Waals surface area contributed by atoms with Crippen molar-refractivity contribution in [3.8, 4) is 11.5 Å². The van der Waals surface area contributed by atoms with Gasteiger partial charge in [0.05, 0.1) is 28.9 Å². The molecule has 1 amide bonds. The summed E-state index contributed by atoms with van der Waals surface area (Å²) < 4.78 is 40.6. The van der Waals surface area contributed by atoms with Crippen LogP contribution in [0.25, 0.3) is 0 Å². The second kappa shape index (κ2) is 8.69. The van der Waals surface area contributed by atoms with E-state index < -0.39 is 12.5 Å². The van der Waals surface area contributed by atoms with Crippen LogP contribution in [0.15, 0.2) is 30.6 Å². The molecule has 6 nitrogen and oxygen atoms in total. The molecule has 1 aromatic heterocycles. The minimum atomic E-state index is -3.03. The Bertz CT molecular complexity index is 812. The molecule has 1 N–H and O–H groups in total. The smallest absolute Gasteiger partial charge is 0.387 e. The Morgan fingerprint density at radius 3 is 2.63 bits per heavy atom. The maximum Gasteiger partial charge on any atom is 0.387 e. The fraction of sp³-hybridized carbons (Fsp3) is 0.294. The Balaban J connectivity index is 1.84. The van der Waals surface area contributed by atoms with Gasteiger partial charge in [-0.15, -0.1) is 0 Å². The molecule has 3 rings (SSSR count). The van der Waals surface area contributed by atoms with E-state index in [1.807, 2.05) is 0 Å². The van der Waals surface area contributed by atoms with Crippen molar-refractivity contribution in [3.63, 3.8) is 0 Å². The number of carbonyl (C=O) groups excluding carboxylic acids is 1. The van der Waals surface area contributed by atoms with E-state index >= 15 is 0 Å². The van der Waals surface area contributed by atoms with Crippen molar-refractivity contribution in [1.82, 2.24) is 4.98 Å². The highest BCUT2D eigenvalue weighted by Crippen LogP contribution is 2.33. The SMILES string of the molecule is O=C(Nc1c(Cl)cncc1Cl)c1ccc(OC(F)F)c(OC2CCOC2)c1. The molecule has 2 heterocycles. The number of hydrogen-bond acceptors (Lipinski definition) is 5. The number of carbonyl (C=O) groups is 1. The predicted molar refractivity (Wildman–Crippen MR) is 95.1 cm³/mol. The first-order chi connectivity index (χ1) is 12.9. The van der Waals surface area contributed by atoms with Crippen LogP contribution in [0.1, 0.15) is 16.8 Å². The zero-order valence-electron chi connectivity index (χ0n) is 13.8. The van der Waals surface area contributed by atoms with Gasteiger partial charge in [-0.3, -0.25) is 9.78 Å². The van der Waals surface area contributed by atoms with E-state index in [9.17, 15) is 13.6 Å². The van der Waals surface area contributed by atoms with E-state index in [0.717, 1.165) is 0 Å². The molecule has 1 fully saturated rings. The molecule has 1 unspecified atom stereocenters. The van der Waals surface area contributed by atoms with Gasteiger partial charge in [-0.1, -0.05) is 23.2 Å². The third-order valence-corrected chi connectivity index (χ3v) is 4.27. The largest absolute Gasteiger partial charge is 0.484 e. The first-order valence-electron chi connectivity index (χ1n) is 7.87. The lowest BCUT2D eigenvalue weighted by Crippen LogP contribution is -2.18. The summed E-state index contributed by atoms with van der Waals surface area (Å²) in [6.07, 6.45) is 2.95. The van der Waals surface area contributed by atoms with Crippen molar-refractivity contribution in [2.75, 3.05) is 18.5 Å². The second-order valence-electron chi connectivity index (χ2n) is 5.58. The van der Waals surface area contributed by atoms with Gasteiger partial charge < -0.3 is 19.5 Å². The maximum absolute atomic E-state index is 12.6. The molecule has 1 aliphatic heterocycles. The van der Waals surface area contributed by atoms with Gasteiger partial charge in [-0.2, -0.15) is 8.78 Å². The van der Waals surface area contributed by atoms with Crippen molar-refractivity contribution in [3.05, 3.63) is 46.2 Å². The summed E-state index contributed by atoms with van der Waals surface area (Å²) in [5.41, 5.74) is 0.340. The summed E-state index contributed by atoms with van der Waals surface area (Å²) in [5.74, 6) is -0.708. The number of ether oxygens (including phenoxy) is 3. The predicted octanol–water partition coefficient (Wildman–Crippen LogP) is 4.41. The van der Waals surface area contributed by atoms with Gasteiger partial charge in [0.1, 0.15) is 6.10 Å². The van der Waals surface area contributed by atoms with E-state index in [2.05, 4.69) is 15.0 Å². The van der Waals surface area contributed by atoms with Gasteiger partial charge in [-0.25, -0.2) is 0 Å². The fourth-order valence-corrected chi connectivity index (χ4v) is 2.90. The van der Waals surface area contributed by atoms with Crippen molar-refractivity contribution in [2.45, 2.75) is 19.1 Å². The zero-order valence-corrected chi connectivity index (χ0v) is 15.3. The van der Waals surface area contributed by atoms with Crippen LogP contribution in [-0.4, -0.2) is 36.8 Å². The average molecular weight is 419 g/mol. The Morgan fingerprint density at radius 1 is 1.26 bits per heavy atom. The third kappa shape index (κ3) is 4.97. The lowest BCUT2D eigenvalue weighted by molar-refractivity contribution is -0.0521. The number of halogens is 4. The van der Waals surface area contributed by atoms with Gasteiger partial charge >= 0.3 is 6.61 Å². The van der Waals surface area contributed by atoms with Crippen molar-refractivity contribution in [2.24, 2.45) is 0 Å². The molecule has 1 aliphatic rings. The van der Waals surface area contributed by atoms with E-state index in [1.54, 1.807) is 0 Å². The average Bonchev–Trinajstić information content (AvgIpc) is 3.12. The Labute approximate surface area is 163 Å². The summed E-state index contributed by atoms with van der Waals surface area (Å²) in [7, 11) is 0. The van der Waals surface area contributed by atoms with Gasteiger partial charge in [0, 0.05) is 24.4 Å². The monoisotopic (exact) mass is 418 g/mol. The molecule has 0 bridgehead atoms. The van der Waals surface area contributed by atoms with Crippen LogP contribution in [0, 0.1) is 0 Å². The highest BCUT2D eigenvalue weighted by atomic mass is 35.5. The van der Waals surface area contributed by atoms with Crippen LogP contribution in [-0.2, 0) is 4.74 Å². The first kappa shape index (κ1) is 19.6. The van der Waals surface area contributed by atoms with E-state index in [-0.39, 0.29) is 38.9 Å². The number of rotatable bonds is 6. The summed E-state index contributed by atoms with van der Waals surface area (Å²) >= 11 is 12.0. The fourth-order valence-electron chi connectivity index (χ4n) is 2.44. The molecule has 1 aromatic carbocycles. The number of alkyl halides is 2. The molecule has 144 valence electrons. The summed E-state index contributed by atoms with van der Waals surface area (Å²) in [6.45, 7) is -2.19. The lowest BCUT2D eigenvalue weighted by Gasteiger charge is -2.17. The number of amides is 1. The van der Waals surface area contributed by atoms with Gasteiger partial charge in [-0.05, 0) is 18.2 Å². The summed E-state index contributed by atoms with van der Waals surface area (Å²) in [4.78, 5) is 16.3. The highest BCUT2D eigenvalue weighted by Gasteiger charge is 2.22. The summed E-state index contributed by atoms with van der Waals surface area (Å²) in [5, 5.41) is 2.88. The first-order valence-corrected chi connectivity index (χ1v) is 8.63. The third-order valence-electron chi connectivity index (χ3n) is 3.70. The topological polar surface area (TPSA) is 69.7 Å².